The maximum atomic E-state index is 5.85. The number of ether oxygens (including phenoxy) is 1. The Balaban J connectivity index is 1.76. The van der Waals surface area contributed by atoms with E-state index in [2.05, 4.69) is 48.3 Å². The summed E-state index contributed by atoms with van der Waals surface area (Å²) < 4.78 is 5.85. The van der Waals surface area contributed by atoms with Crippen LogP contribution in [0.2, 0.25) is 0 Å². The van der Waals surface area contributed by atoms with Crippen LogP contribution in [0, 0.1) is 6.92 Å². The predicted molar refractivity (Wildman–Crippen MR) is 78.2 cm³/mol. The van der Waals surface area contributed by atoms with Gasteiger partial charge in [-0.1, -0.05) is 36.4 Å². The average molecular weight is 251 g/mol. The van der Waals surface area contributed by atoms with E-state index in [-0.39, 0.29) is 0 Å². The van der Waals surface area contributed by atoms with Gasteiger partial charge in [0.05, 0.1) is 5.71 Å². The topological polar surface area (TPSA) is 21.6 Å². The number of hydrogen-bond acceptors (Lipinski definition) is 2. The molecule has 2 aromatic carbocycles. The van der Waals surface area contributed by atoms with Gasteiger partial charge in [-0.3, -0.25) is 4.99 Å². The summed E-state index contributed by atoms with van der Waals surface area (Å²) in [7, 11) is 0. The summed E-state index contributed by atoms with van der Waals surface area (Å²) in [5.41, 5.74) is 4.88. The Labute approximate surface area is 113 Å². The van der Waals surface area contributed by atoms with E-state index >= 15 is 0 Å². The van der Waals surface area contributed by atoms with Gasteiger partial charge in [0.2, 0.25) is 0 Å². The molecule has 0 radical (unpaired) electrons. The fourth-order valence-corrected chi connectivity index (χ4v) is 2.40. The van der Waals surface area contributed by atoms with Gasteiger partial charge in [-0.05, 0) is 36.6 Å². The summed E-state index contributed by atoms with van der Waals surface area (Å²) in [6, 6.07) is 16.6. The normalized spacial score (nSPS) is 13.6. The number of rotatable bonds is 3. The molecule has 2 heteroatoms. The molecule has 96 valence electrons. The molecule has 1 heterocycles. The van der Waals surface area contributed by atoms with Crippen LogP contribution in [0.5, 0.6) is 5.75 Å². The second-order valence-electron chi connectivity index (χ2n) is 4.84. The van der Waals surface area contributed by atoms with Gasteiger partial charge in [0.25, 0.3) is 0 Å². The molecule has 0 saturated heterocycles. The smallest absolute Gasteiger partial charge is 0.130 e. The van der Waals surface area contributed by atoms with Crippen molar-refractivity contribution in [2.45, 2.75) is 13.3 Å². The van der Waals surface area contributed by atoms with E-state index in [1.165, 1.54) is 16.7 Å². The molecule has 0 N–H and O–H groups in total. The Kier molecular flexibility index (Phi) is 3.32. The van der Waals surface area contributed by atoms with Crippen LogP contribution < -0.4 is 4.74 Å². The third kappa shape index (κ3) is 2.68. The summed E-state index contributed by atoms with van der Waals surface area (Å²) in [6.07, 6.45) is 1.03. The first-order valence-electron chi connectivity index (χ1n) is 6.64. The molecule has 3 rings (SSSR count). The first-order chi connectivity index (χ1) is 9.33. The van der Waals surface area contributed by atoms with Crippen molar-refractivity contribution in [3.63, 3.8) is 0 Å². The largest absolute Gasteiger partial charge is 0.487 e. The van der Waals surface area contributed by atoms with Crippen molar-refractivity contribution in [2.75, 3.05) is 13.2 Å². The molecule has 1 aliphatic rings. The van der Waals surface area contributed by atoms with Crippen LogP contribution in [0.1, 0.15) is 16.7 Å². The second kappa shape index (κ2) is 5.27. The van der Waals surface area contributed by atoms with E-state index in [0.717, 1.165) is 24.4 Å². The van der Waals surface area contributed by atoms with Gasteiger partial charge in [-0.25, -0.2) is 0 Å². The summed E-state index contributed by atoms with van der Waals surface area (Å²) in [5.74, 6) is 0.908. The Hall–Kier alpha value is -2.09. The summed E-state index contributed by atoms with van der Waals surface area (Å²) in [6.45, 7) is 3.48. The standard InChI is InChI=1S/C17H17NO/c1-13-5-4-7-15(11-13)19-12-17-16-8-3-2-6-14(16)9-10-18-17/h2-8,11H,9-10,12H2,1H3. The van der Waals surface area contributed by atoms with Crippen molar-refractivity contribution in [1.29, 1.82) is 0 Å². The molecule has 0 bridgehead atoms. The fraction of sp³-hybridized carbons (Fsp3) is 0.235. The maximum absolute atomic E-state index is 5.85. The summed E-state index contributed by atoms with van der Waals surface area (Å²) >= 11 is 0. The zero-order chi connectivity index (χ0) is 13.1. The van der Waals surface area contributed by atoms with Crippen molar-refractivity contribution in [2.24, 2.45) is 4.99 Å². The fourth-order valence-electron chi connectivity index (χ4n) is 2.40. The minimum Gasteiger partial charge on any atom is -0.487 e. The van der Waals surface area contributed by atoms with Gasteiger partial charge in [-0.2, -0.15) is 0 Å². The van der Waals surface area contributed by atoms with Crippen molar-refractivity contribution in [3.05, 3.63) is 65.2 Å². The lowest BCUT2D eigenvalue weighted by Gasteiger charge is -2.17. The van der Waals surface area contributed by atoms with Gasteiger partial charge in [0.15, 0.2) is 0 Å². The van der Waals surface area contributed by atoms with Crippen molar-refractivity contribution in [1.82, 2.24) is 0 Å². The number of aryl methyl sites for hydroxylation is 1. The van der Waals surface area contributed by atoms with E-state index in [9.17, 15) is 0 Å². The van der Waals surface area contributed by atoms with Crippen LogP contribution in [-0.4, -0.2) is 18.9 Å². The molecule has 19 heavy (non-hydrogen) atoms. The number of benzene rings is 2. The Morgan fingerprint density at radius 3 is 2.89 bits per heavy atom. The van der Waals surface area contributed by atoms with Gasteiger partial charge in [-0.15, -0.1) is 0 Å². The SMILES string of the molecule is Cc1cccc(OCC2=NCCc3ccccc32)c1. The van der Waals surface area contributed by atoms with E-state index < -0.39 is 0 Å². The third-order valence-electron chi connectivity index (χ3n) is 3.38. The molecule has 0 amide bonds. The van der Waals surface area contributed by atoms with Crippen LogP contribution >= 0.6 is 0 Å². The van der Waals surface area contributed by atoms with Gasteiger partial charge < -0.3 is 4.74 Å². The van der Waals surface area contributed by atoms with Gasteiger partial charge >= 0.3 is 0 Å². The lowest BCUT2D eigenvalue weighted by atomic mass is 9.98. The van der Waals surface area contributed by atoms with Crippen LogP contribution in [0.15, 0.2) is 53.5 Å². The van der Waals surface area contributed by atoms with Crippen LogP contribution in [-0.2, 0) is 6.42 Å². The highest BCUT2D eigenvalue weighted by Crippen LogP contribution is 2.18. The monoisotopic (exact) mass is 251 g/mol. The summed E-state index contributed by atoms with van der Waals surface area (Å²) in [5, 5.41) is 0. The number of aliphatic imine (C=N–C) groups is 1. The molecule has 0 spiro atoms. The number of hydrogen-bond donors (Lipinski definition) is 0. The van der Waals surface area contributed by atoms with Gasteiger partial charge in [0.1, 0.15) is 12.4 Å². The van der Waals surface area contributed by atoms with Crippen LogP contribution in [0.25, 0.3) is 0 Å². The minimum absolute atomic E-state index is 0.542. The first kappa shape index (κ1) is 12.0. The van der Waals surface area contributed by atoms with E-state index in [1.807, 2.05) is 12.1 Å². The Morgan fingerprint density at radius 1 is 1.11 bits per heavy atom. The molecule has 0 aliphatic carbocycles. The highest BCUT2D eigenvalue weighted by atomic mass is 16.5. The molecule has 0 atom stereocenters. The molecule has 0 aromatic heterocycles. The van der Waals surface area contributed by atoms with Crippen molar-refractivity contribution < 1.29 is 4.74 Å². The first-order valence-corrected chi connectivity index (χ1v) is 6.64. The molecule has 1 aliphatic heterocycles. The molecule has 0 saturated carbocycles. The van der Waals surface area contributed by atoms with Crippen molar-refractivity contribution in [3.8, 4) is 5.75 Å². The van der Waals surface area contributed by atoms with E-state index in [4.69, 9.17) is 4.74 Å². The van der Waals surface area contributed by atoms with E-state index in [1.54, 1.807) is 0 Å². The molecular formula is C17H17NO. The lowest BCUT2D eigenvalue weighted by Crippen LogP contribution is -2.19. The highest BCUT2D eigenvalue weighted by Gasteiger charge is 2.13. The summed E-state index contributed by atoms with van der Waals surface area (Å²) in [4.78, 5) is 4.60. The van der Waals surface area contributed by atoms with E-state index in [0.29, 0.717) is 6.61 Å². The lowest BCUT2D eigenvalue weighted by molar-refractivity contribution is 0.376. The second-order valence-corrected chi connectivity index (χ2v) is 4.84. The molecule has 0 fully saturated rings. The number of fused-ring (bicyclic) bond motifs is 1. The van der Waals surface area contributed by atoms with Crippen LogP contribution in [0.4, 0.5) is 0 Å². The zero-order valence-electron chi connectivity index (χ0n) is 11.1. The number of nitrogens with zero attached hydrogens (tertiary/aromatic N) is 1. The molecule has 0 unspecified atom stereocenters. The zero-order valence-corrected chi connectivity index (χ0v) is 11.1. The maximum Gasteiger partial charge on any atom is 0.130 e. The predicted octanol–water partition coefficient (Wildman–Crippen LogP) is 3.42. The average Bonchev–Trinajstić information content (AvgIpc) is 2.45. The molecule has 2 nitrogen and oxygen atoms in total. The minimum atomic E-state index is 0.542. The van der Waals surface area contributed by atoms with Crippen LogP contribution in [0.3, 0.4) is 0 Å². The highest BCUT2D eigenvalue weighted by molar-refractivity contribution is 6.03. The molecular weight excluding hydrogens is 234 g/mol. The Morgan fingerprint density at radius 2 is 2.00 bits per heavy atom. The van der Waals surface area contributed by atoms with Crippen molar-refractivity contribution >= 4 is 5.71 Å². The molecule has 2 aromatic rings. The Bertz CT molecular complexity index is 616. The quantitative estimate of drug-likeness (QED) is 0.819. The third-order valence-corrected chi connectivity index (χ3v) is 3.38. The van der Waals surface area contributed by atoms with Gasteiger partial charge in [0, 0.05) is 12.1 Å².